The molecule has 1 aliphatic rings. The fraction of sp³-hybridized carbons (Fsp3) is 1.00. The lowest BCUT2D eigenvalue weighted by Crippen LogP contribution is -2.36. The van der Waals surface area contributed by atoms with Gasteiger partial charge in [0.15, 0.2) is 0 Å². The maximum Gasteiger partial charge on any atom is 0.212 e. The van der Waals surface area contributed by atoms with Crippen molar-refractivity contribution in [3.63, 3.8) is 0 Å². The molecule has 114 valence electrons. The lowest BCUT2D eigenvalue weighted by Gasteiger charge is -2.19. The molecule has 4 nitrogen and oxygen atoms in total. The molecule has 0 amide bonds. The van der Waals surface area contributed by atoms with E-state index in [-0.39, 0.29) is 5.75 Å². The molecule has 0 heterocycles. The van der Waals surface area contributed by atoms with Crippen LogP contribution in [-0.4, -0.2) is 33.3 Å². The Kier molecular flexibility index (Phi) is 7.32. The molecule has 2 N–H and O–H groups in total. The summed E-state index contributed by atoms with van der Waals surface area (Å²) in [7, 11) is -3.08. The monoisotopic (exact) mass is 290 g/mol. The van der Waals surface area contributed by atoms with E-state index in [0.717, 1.165) is 11.8 Å². The van der Waals surface area contributed by atoms with Crippen molar-refractivity contribution < 1.29 is 8.42 Å². The molecule has 0 bridgehead atoms. The zero-order valence-electron chi connectivity index (χ0n) is 12.6. The van der Waals surface area contributed by atoms with Gasteiger partial charge in [0.1, 0.15) is 0 Å². The largest absolute Gasteiger partial charge is 0.313 e. The average molecular weight is 290 g/mol. The van der Waals surface area contributed by atoms with Gasteiger partial charge in [-0.2, -0.15) is 0 Å². The van der Waals surface area contributed by atoms with Gasteiger partial charge in [-0.3, -0.25) is 0 Å². The molecule has 2 atom stereocenters. The lowest BCUT2D eigenvalue weighted by molar-refractivity contribution is 0.338. The normalized spacial score (nSPS) is 25.5. The topological polar surface area (TPSA) is 58.2 Å². The first kappa shape index (κ1) is 16.9. The summed E-state index contributed by atoms with van der Waals surface area (Å²) in [5, 5.41) is 3.42. The van der Waals surface area contributed by atoms with Crippen LogP contribution in [0.1, 0.15) is 52.9 Å². The molecule has 19 heavy (non-hydrogen) atoms. The zero-order chi connectivity index (χ0) is 14.3. The molecule has 1 aliphatic carbocycles. The van der Waals surface area contributed by atoms with Crippen molar-refractivity contribution in [1.29, 1.82) is 0 Å². The molecule has 0 aromatic carbocycles. The Bertz CT molecular complexity index is 341. The van der Waals surface area contributed by atoms with Crippen molar-refractivity contribution >= 4 is 10.0 Å². The third-order valence-corrected chi connectivity index (χ3v) is 5.59. The van der Waals surface area contributed by atoms with E-state index in [9.17, 15) is 8.42 Å². The Balaban J connectivity index is 2.27. The molecule has 1 fully saturated rings. The fourth-order valence-electron chi connectivity index (χ4n) is 2.89. The van der Waals surface area contributed by atoms with Crippen LogP contribution in [0, 0.1) is 11.8 Å². The summed E-state index contributed by atoms with van der Waals surface area (Å²) in [4.78, 5) is 0. The SMILES string of the molecule is CCNS(=O)(=O)CCNC1CCCC(C(C)C)CC1. The summed E-state index contributed by atoms with van der Waals surface area (Å²) < 4.78 is 25.6. The molecular weight excluding hydrogens is 260 g/mol. The standard InChI is InChI=1S/C14H30N2O2S/c1-4-16-19(17,18)11-10-15-14-7-5-6-13(8-9-14)12(2)3/h12-16H,4-11H2,1-3H3. The summed E-state index contributed by atoms with van der Waals surface area (Å²) in [5.74, 6) is 1.80. The summed E-state index contributed by atoms with van der Waals surface area (Å²) in [6.07, 6.45) is 6.23. The fourth-order valence-corrected chi connectivity index (χ4v) is 3.86. The van der Waals surface area contributed by atoms with Crippen LogP contribution >= 0.6 is 0 Å². The van der Waals surface area contributed by atoms with Gasteiger partial charge in [-0.05, 0) is 31.1 Å². The molecule has 2 unspecified atom stereocenters. The van der Waals surface area contributed by atoms with Crippen molar-refractivity contribution in [1.82, 2.24) is 10.0 Å². The van der Waals surface area contributed by atoms with Crippen LogP contribution in [0.3, 0.4) is 0 Å². The van der Waals surface area contributed by atoms with Crippen LogP contribution in [0.25, 0.3) is 0 Å². The van der Waals surface area contributed by atoms with Crippen LogP contribution in [-0.2, 0) is 10.0 Å². The summed E-state index contributed by atoms with van der Waals surface area (Å²) >= 11 is 0. The van der Waals surface area contributed by atoms with Gasteiger partial charge in [0, 0.05) is 19.1 Å². The molecule has 0 aromatic rings. The van der Waals surface area contributed by atoms with Crippen LogP contribution in [0.5, 0.6) is 0 Å². The van der Waals surface area contributed by atoms with Gasteiger partial charge in [0.2, 0.25) is 10.0 Å². The zero-order valence-corrected chi connectivity index (χ0v) is 13.4. The van der Waals surface area contributed by atoms with Crippen LogP contribution in [0.15, 0.2) is 0 Å². The molecule has 0 aliphatic heterocycles. The maximum absolute atomic E-state index is 11.5. The van der Waals surface area contributed by atoms with Crippen molar-refractivity contribution in [2.75, 3.05) is 18.8 Å². The summed E-state index contributed by atoms with van der Waals surface area (Å²) in [6.45, 7) is 7.46. The van der Waals surface area contributed by atoms with Gasteiger partial charge >= 0.3 is 0 Å². The third kappa shape index (κ3) is 6.72. The average Bonchev–Trinajstić information content (AvgIpc) is 2.54. The predicted octanol–water partition coefficient (Wildman–Crippen LogP) is 2.12. The highest BCUT2D eigenvalue weighted by atomic mass is 32.2. The van der Waals surface area contributed by atoms with Crippen LogP contribution < -0.4 is 10.0 Å². The van der Waals surface area contributed by atoms with Crippen molar-refractivity contribution in [3.05, 3.63) is 0 Å². The highest BCUT2D eigenvalue weighted by Gasteiger charge is 2.21. The first-order valence-corrected chi connectivity index (χ1v) is 9.30. The molecule has 0 saturated heterocycles. The van der Waals surface area contributed by atoms with E-state index in [1.165, 1.54) is 32.1 Å². The second-order valence-electron chi connectivity index (χ2n) is 5.98. The van der Waals surface area contributed by atoms with Crippen LogP contribution in [0.2, 0.25) is 0 Å². The Labute approximate surface area is 118 Å². The number of rotatable bonds is 7. The van der Waals surface area contributed by atoms with Crippen molar-refractivity contribution in [2.45, 2.75) is 58.9 Å². The minimum atomic E-state index is -3.08. The number of sulfonamides is 1. The predicted molar refractivity (Wildman–Crippen MR) is 80.7 cm³/mol. The van der Waals surface area contributed by atoms with Crippen molar-refractivity contribution in [2.24, 2.45) is 11.8 Å². The Morgan fingerprint density at radius 1 is 1.16 bits per heavy atom. The van der Waals surface area contributed by atoms with E-state index in [0.29, 0.717) is 19.1 Å². The smallest absolute Gasteiger partial charge is 0.212 e. The van der Waals surface area contributed by atoms with Gasteiger partial charge < -0.3 is 5.32 Å². The van der Waals surface area contributed by atoms with Gasteiger partial charge in [-0.25, -0.2) is 13.1 Å². The first-order valence-electron chi connectivity index (χ1n) is 7.65. The van der Waals surface area contributed by atoms with E-state index < -0.39 is 10.0 Å². The Hall–Kier alpha value is -0.130. The molecule has 1 rings (SSSR count). The summed E-state index contributed by atoms with van der Waals surface area (Å²) in [5.41, 5.74) is 0. The molecule has 0 spiro atoms. The van der Waals surface area contributed by atoms with Gasteiger partial charge in [0.05, 0.1) is 5.75 Å². The minimum absolute atomic E-state index is 0.185. The second-order valence-corrected chi connectivity index (χ2v) is 7.91. The summed E-state index contributed by atoms with van der Waals surface area (Å²) in [6, 6.07) is 0.501. The molecular formula is C14H30N2O2S. The molecule has 1 saturated carbocycles. The van der Waals surface area contributed by atoms with Gasteiger partial charge in [-0.15, -0.1) is 0 Å². The lowest BCUT2D eigenvalue weighted by atomic mass is 9.89. The number of hydrogen-bond donors (Lipinski definition) is 2. The highest BCUT2D eigenvalue weighted by Crippen LogP contribution is 2.28. The quantitative estimate of drug-likeness (QED) is 0.706. The van der Waals surface area contributed by atoms with Crippen molar-refractivity contribution in [3.8, 4) is 0 Å². The number of hydrogen-bond acceptors (Lipinski definition) is 3. The highest BCUT2D eigenvalue weighted by molar-refractivity contribution is 7.89. The van der Waals surface area contributed by atoms with E-state index in [1.807, 2.05) is 6.92 Å². The van der Waals surface area contributed by atoms with Gasteiger partial charge in [-0.1, -0.05) is 33.6 Å². The minimum Gasteiger partial charge on any atom is -0.313 e. The van der Waals surface area contributed by atoms with Crippen LogP contribution in [0.4, 0.5) is 0 Å². The van der Waals surface area contributed by atoms with Gasteiger partial charge in [0.25, 0.3) is 0 Å². The Morgan fingerprint density at radius 3 is 2.53 bits per heavy atom. The second kappa shape index (κ2) is 8.22. The molecule has 0 radical (unpaired) electrons. The molecule has 5 heteroatoms. The van der Waals surface area contributed by atoms with E-state index in [2.05, 4.69) is 23.9 Å². The van der Waals surface area contributed by atoms with E-state index >= 15 is 0 Å². The third-order valence-electron chi connectivity index (χ3n) is 4.12. The maximum atomic E-state index is 11.5. The molecule has 0 aromatic heterocycles. The van der Waals surface area contributed by atoms with E-state index in [4.69, 9.17) is 0 Å². The Morgan fingerprint density at radius 2 is 1.89 bits per heavy atom. The first-order chi connectivity index (χ1) is 8.94. The van der Waals surface area contributed by atoms with E-state index in [1.54, 1.807) is 0 Å². The number of nitrogens with one attached hydrogen (secondary N) is 2.